The molecule has 4 heteroatoms. The summed E-state index contributed by atoms with van der Waals surface area (Å²) in [5.41, 5.74) is 2.74. The maximum absolute atomic E-state index is 10.8. The fourth-order valence-corrected chi connectivity index (χ4v) is 1.46. The third kappa shape index (κ3) is 2.28. The van der Waals surface area contributed by atoms with Crippen molar-refractivity contribution in [3.63, 3.8) is 0 Å². The van der Waals surface area contributed by atoms with Gasteiger partial charge in [-0.15, -0.1) is 0 Å². The largest absolute Gasteiger partial charge is 0.326 e. The van der Waals surface area contributed by atoms with Crippen LogP contribution in [0.4, 0.5) is 5.69 Å². The van der Waals surface area contributed by atoms with Gasteiger partial charge in [0, 0.05) is 18.8 Å². The fraction of sp³-hybridized carbons (Fsp3) is 0.167. The zero-order valence-electron chi connectivity index (χ0n) is 9.27. The highest BCUT2D eigenvalue weighted by Crippen LogP contribution is 2.12. The van der Waals surface area contributed by atoms with Crippen LogP contribution in [0.15, 0.2) is 36.5 Å². The van der Waals surface area contributed by atoms with Gasteiger partial charge in [0.05, 0.1) is 11.4 Å². The van der Waals surface area contributed by atoms with Crippen molar-refractivity contribution in [3.8, 4) is 5.69 Å². The summed E-state index contributed by atoms with van der Waals surface area (Å²) in [5, 5.41) is 7.02. The number of nitrogens with one attached hydrogen (secondary N) is 1. The lowest BCUT2D eigenvalue weighted by Crippen LogP contribution is -2.05. The molecular weight excluding hydrogens is 202 g/mol. The molecule has 4 nitrogen and oxygen atoms in total. The minimum atomic E-state index is -0.0670. The Hall–Kier alpha value is -2.10. The van der Waals surface area contributed by atoms with E-state index < -0.39 is 0 Å². The van der Waals surface area contributed by atoms with Gasteiger partial charge in [-0.25, -0.2) is 4.68 Å². The summed E-state index contributed by atoms with van der Waals surface area (Å²) < 4.78 is 1.80. The number of aryl methyl sites for hydroxylation is 1. The minimum Gasteiger partial charge on any atom is -0.326 e. The molecule has 16 heavy (non-hydrogen) atoms. The third-order valence-corrected chi connectivity index (χ3v) is 2.17. The molecule has 1 aromatic heterocycles. The molecule has 82 valence electrons. The zero-order valence-corrected chi connectivity index (χ0v) is 9.27. The molecule has 0 atom stereocenters. The monoisotopic (exact) mass is 215 g/mol. The normalized spacial score (nSPS) is 10.1. The van der Waals surface area contributed by atoms with E-state index in [4.69, 9.17) is 0 Å². The molecule has 0 fully saturated rings. The molecule has 0 spiro atoms. The van der Waals surface area contributed by atoms with Crippen LogP contribution in [0.3, 0.4) is 0 Å². The molecule has 1 heterocycles. The smallest absolute Gasteiger partial charge is 0.221 e. The first-order valence-corrected chi connectivity index (χ1v) is 5.05. The molecule has 1 amide bonds. The second-order valence-corrected chi connectivity index (χ2v) is 3.63. The van der Waals surface area contributed by atoms with Crippen LogP contribution in [-0.2, 0) is 4.79 Å². The second kappa shape index (κ2) is 4.18. The summed E-state index contributed by atoms with van der Waals surface area (Å²) in [5.74, 6) is -0.0670. The topological polar surface area (TPSA) is 46.9 Å². The van der Waals surface area contributed by atoms with E-state index in [2.05, 4.69) is 10.4 Å². The Bertz CT molecular complexity index is 499. The Labute approximate surface area is 93.9 Å². The van der Waals surface area contributed by atoms with Crippen molar-refractivity contribution < 1.29 is 4.79 Å². The van der Waals surface area contributed by atoms with Gasteiger partial charge in [0.1, 0.15) is 0 Å². The molecule has 0 radical (unpaired) electrons. The number of hydrogen-bond acceptors (Lipinski definition) is 2. The zero-order chi connectivity index (χ0) is 11.5. The molecule has 0 unspecified atom stereocenters. The molecule has 0 bridgehead atoms. The van der Waals surface area contributed by atoms with Crippen LogP contribution in [0.5, 0.6) is 0 Å². The van der Waals surface area contributed by atoms with Gasteiger partial charge in [-0.05, 0) is 37.3 Å². The van der Waals surface area contributed by atoms with Gasteiger partial charge in [-0.3, -0.25) is 4.79 Å². The molecule has 0 aliphatic carbocycles. The Morgan fingerprint density at radius 1 is 1.25 bits per heavy atom. The second-order valence-electron chi connectivity index (χ2n) is 3.63. The van der Waals surface area contributed by atoms with Crippen molar-refractivity contribution >= 4 is 11.6 Å². The van der Waals surface area contributed by atoms with Crippen LogP contribution in [-0.4, -0.2) is 15.7 Å². The number of aromatic nitrogens is 2. The molecule has 0 saturated carbocycles. The van der Waals surface area contributed by atoms with E-state index in [1.807, 2.05) is 43.5 Å². The van der Waals surface area contributed by atoms with Crippen LogP contribution in [0.2, 0.25) is 0 Å². The predicted molar refractivity (Wildman–Crippen MR) is 62.6 cm³/mol. The number of nitrogens with zero attached hydrogens (tertiary/aromatic N) is 2. The standard InChI is InChI=1S/C12H13N3O/c1-9-7-8-15(14-9)12-5-3-11(4-6-12)13-10(2)16/h3-8H,1-2H3,(H,13,16). The average Bonchev–Trinajstić information content (AvgIpc) is 2.65. The van der Waals surface area contributed by atoms with E-state index >= 15 is 0 Å². The summed E-state index contributed by atoms with van der Waals surface area (Å²) >= 11 is 0. The van der Waals surface area contributed by atoms with E-state index in [0.29, 0.717) is 0 Å². The Balaban J connectivity index is 2.22. The number of benzene rings is 1. The highest BCUT2D eigenvalue weighted by molar-refractivity contribution is 5.88. The van der Waals surface area contributed by atoms with Crippen molar-refractivity contribution in [2.75, 3.05) is 5.32 Å². The first-order valence-electron chi connectivity index (χ1n) is 5.05. The van der Waals surface area contributed by atoms with Gasteiger partial charge in [-0.1, -0.05) is 0 Å². The maximum Gasteiger partial charge on any atom is 0.221 e. The Morgan fingerprint density at radius 3 is 2.44 bits per heavy atom. The summed E-state index contributed by atoms with van der Waals surface area (Å²) in [6, 6.07) is 9.48. The SMILES string of the molecule is CC(=O)Nc1ccc(-n2ccc(C)n2)cc1. The van der Waals surface area contributed by atoms with E-state index in [0.717, 1.165) is 17.1 Å². The third-order valence-electron chi connectivity index (χ3n) is 2.17. The maximum atomic E-state index is 10.8. The molecule has 1 aromatic carbocycles. The van der Waals surface area contributed by atoms with Gasteiger partial charge in [-0.2, -0.15) is 5.10 Å². The first-order chi connectivity index (χ1) is 7.65. The number of anilines is 1. The van der Waals surface area contributed by atoms with Gasteiger partial charge >= 0.3 is 0 Å². The summed E-state index contributed by atoms with van der Waals surface area (Å²) in [7, 11) is 0. The van der Waals surface area contributed by atoms with Crippen molar-refractivity contribution in [1.29, 1.82) is 0 Å². The lowest BCUT2D eigenvalue weighted by molar-refractivity contribution is -0.114. The fourth-order valence-electron chi connectivity index (χ4n) is 1.46. The van der Waals surface area contributed by atoms with Crippen molar-refractivity contribution in [1.82, 2.24) is 9.78 Å². The molecule has 0 saturated heterocycles. The number of carbonyl (C=O) groups is 1. The van der Waals surface area contributed by atoms with E-state index in [1.165, 1.54) is 6.92 Å². The lowest BCUT2D eigenvalue weighted by atomic mass is 10.3. The highest BCUT2D eigenvalue weighted by atomic mass is 16.1. The van der Waals surface area contributed by atoms with Crippen molar-refractivity contribution in [2.24, 2.45) is 0 Å². The van der Waals surface area contributed by atoms with E-state index in [9.17, 15) is 4.79 Å². The average molecular weight is 215 g/mol. The molecule has 1 N–H and O–H groups in total. The van der Waals surface area contributed by atoms with Gasteiger partial charge in [0.25, 0.3) is 0 Å². The number of rotatable bonds is 2. The molecule has 2 rings (SSSR count). The summed E-state index contributed by atoms with van der Waals surface area (Å²) in [6.45, 7) is 3.44. The summed E-state index contributed by atoms with van der Waals surface area (Å²) in [6.07, 6.45) is 1.91. The van der Waals surface area contributed by atoms with E-state index in [1.54, 1.807) is 4.68 Å². The molecule has 2 aromatic rings. The Morgan fingerprint density at radius 2 is 1.94 bits per heavy atom. The van der Waals surface area contributed by atoms with Crippen molar-refractivity contribution in [2.45, 2.75) is 13.8 Å². The number of carbonyl (C=O) groups excluding carboxylic acids is 1. The Kier molecular flexibility index (Phi) is 2.72. The van der Waals surface area contributed by atoms with Gasteiger partial charge < -0.3 is 5.32 Å². The lowest BCUT2D eigenvalue weighted by Gasteiger charge is -2.04. The molecular formula is C12H13N3O. The highest BCUT2D eigenvalue weighted by Gasteiger charge is 1.99. The van der Waals surface area contributed by atoms with Crippen LogP contribution < -0.4 is 5.32 Å². The predicted octanol–water partition coefficient (Wildman–Crippen LogP) is 2.14. The molecule has 0 aliphatic rings. The summed E-state index contributed by atoms with van der Waals surface area (Å²) in [4.78, 5) is 10.8. The number of amides is 1. The van der Waals surface area contributed by atoms with Gasteiger partial charge in [0.2, 0.25) is 5.91 Å². The molecule has 0 aliphatic heterocycles. The van der Waals surface area contributed by atoms with Gasteiger partial charge in [0.15, 0.2) is 0 Å². The van der Waals surface area contributed by atoms with Crippen LogP contribution >= 0.6 is 0 Å². The van der Waals surface area contributed by atoms with E-state index in [-0.39, 0.29) is 5.91 Å². The first kappa shape index (κ1) is 10.4. The van der Waals surface area contributed by atoms with Crippen LogP contribution in [0.1, 0.15) is 12.6 Å². The van der Waals surface area contributed by atoms with Crippen LogP contribution in [0.25, 0.3) is 5.69 Å². The van der Waals surface area contributed by atoms with Crippen LogP contribution in [0, 0.1) is 6.92 Å². The quantitative estimate of drug-likeness (QED) is 0.834. The number of hydrogen-bond donors (Lipinski definition) is 1. The minimum absolute atomic E-state index is 0.0670. The van der Waals surface area contributed by atoms with Crippen molar-refractivity contribution in [3.05, 3.63) is 42.2 Å².